The Labute approximate surface area is 469 Å². The zero-order valence-electron chi connectivity index (χ0n) is 51.1. The van der Waals surface area contributed by atoms with Crippen molar-refractivity contribution in [1.29, 1.82) is 0 Å². The van der Waals surface area contributed by atoms with E-state index in [0.717, 1.165) is 44.9 Å². The SMILES string of the molecule is CCCCCCCC/C=C\CCCCCCCCCC(=O)OCCCCCCCCCCCCCCCCCCCCCC(=O)NC(CO)C(O)CCCCCCCCCCCCCCCCCCCCCCCC. The third kappa shape index (κ3) is 61.7. The number of esters is 1. The molecule has 75 heavy (non-hydrogen) atoms. The zero-order chi connectivity index (χ0) is 54.3. The summed E-state index contributed by atoms with van der Waals surface area (Å²) in [5.41, 5.74) is 0. The summed E-state index contributed by atoms with van der Waals surface area (Å²) in [6.45, 7) is 4.98. The van der Waals surface area contributed by atoms with Gasteiger partial charge in [0.2, 0.25) is 5.91 Å². The van der Waals surface area contributed by atoms with Gasteiger partial charge in [-0.2, -0.15) is 0 Å². The predicted molar refractivity (Wildman–Crippen MR) is 329 cm³/mol. The van der Waals surface area contributed by atoms with Crippen LogP contribution in [0.5, 0.6) is 0 Å². The molecule has 0 fully saturated rings. The summed E-state index contributed by atoms with van der Waals surface area (Å²) in [5, 5.41) is 23.4. The molecule has 0 bridgehead atoms. The fourth-order valence-electron chi connectivity index (χ4n) is 11.1. The van der Waals surface area contributed by atoms with Crippen molar-refractivity contribution in [3.8, 4) is 0 Å². The van der Waals surface area contributed by atoms with Gasteiger partial charge in [-0.15, -0.1) is 0 Å². The fraction of sp³-hybridized carbons (Fsp3) is 0.942. The summed E-state index contributed by atoms with van der Waals surface area (Å²) < 4.78 is 5.50. The van der Waals surface area contributed by atoms with Crippen molar-refractivity contribution in [2.24, 2.45) is 0 Å². The van der Waals surface area contributed by atoms with Crippen LogP contribution in [0.4, 0.5) is 0 Å². The van der Waals surface area contributed by atoms with E-state index in [4.69, 9.17) is 4.74 Å². The van der Waals surface area contributed by atoms with Gasteiger partial charge in [0.05, 0.1) is 25.4 Å². The van der Waals surface area contributed by atoms with E-state index in [1.807, 2.05) is 0 Å². The highest BCUT2D eigenvalue weighted by Crippen LogP contribution is 2.19. The Morgan fingerprint density at radius 1 is 0.360 bits per heavy atom. The number of allylic oxidation sites excluding steroid dienone is 2. The Kier molecular flexibility index (Phi) is 63.9. The maximum atomic E-state index is 12.5. The van der Waals surface area contributed by atoms with E-state index < -0.39 is 12.1 Å². The number of hydrogen-bond donors (Lipinski definition) is 3. The molecule has 0 aromatic carbocycles. The summed E-state index contributed by atoms with van der Waals surface area (Å²) in [4.78, 5) is 24.6. The molecule has 0 aromatic heterocycles. The van der Waals surface area contributed by atoms with Crippen molar-refractivity contribution in [3.05, 3.63) is 12.2 Å². The molecule has 446 valence electrons. The Balaban J connectivity index is 3.39. The van der Waals surface area contributed by atoms with E-state index in [2.05, 4.69) is 31.3 Å². The van der Waals surface area contributed by atoms with Crippen molar-refractivity contribution < 1.29 is 24.5 Å². The van der Waals surface area contributed by atoms with Crippen LogP contribution in [0.15, 0.2) is 12.2 Å². The van der Waals surface area contributed by atoms with E-state index in [1.54, 1.807) is 0 Å². The first kappa shape index (κ1) is 73.6. The van der Waals surface area contributed by atoms with Crippen molar-refractivity contribution >= 4 is 11.9 Å². The van der Waals surface area contributed by atoms with Gasteiger partial charge in [-0.05, 0) is 51.4 Å². The number of ether oxygens (including phenoxy) is 1. The number of unbranched alkanes of at least 4 members (excludes halogenated alkanes) is 52. The molecule has 0 aliphatic heterocycles. The highest BCUT2D eigenvalue weighted by Gasteiger charge is 2.20. The van der Waals surface area contributed by atoms with Gasteiger partial charge in [-0.3, -0.25) is 9.59 Å². The van der Waals surface area contributed by atoms with Crippen molar-refractivity contribution in [2.45, 2.75) is 405 Å². The first-order valence-corrected chi connectivity index (χ1v) is 34.4. The van der Waals surface area contributed by atoms with E-state index in [0.29, 0.717) is 25.9 Å². The van der Waals surface area contributed by atoms with Gasteiger partial charge >= 0.3 is 5.97 Å². The van der Waals surface area contributed by atoms with E-state index in [-0.39, 0.29) is 18.5 Å². The van der Waals surface area contributed by atoms with Crippen molar-refractivity contribution in [1.82, 2.24) is 5.32 Å². The molecule has 0 saturated carbocycles. The number of hydrogen-bond acceptors (Lipinski definition) is 5. The molecule has 6 nitrogen and oxygen atoms in total. The number of rotatable bonds is 65. The standard InChI is InChI=1S/C69H135NO5/c1-3-5-7-9-11-13-15-17-19-21-22-23-24-26-30-33-37-41-45-49-53-57-61-67(72)66(65-71)70-68(73)62-58-54-50-46-42-38-34-31-27-25-28-32-36-40-44-48-52-56-60-64-75-69(74)63-59-55-51-47-43-39-35-29-20-18-16-14-12-10-8-6-4-2/h18,20,66-67,71-72H,3-17,19,21-65H2,1-2H3,(H,70,73)/b20-18-. The Hall–Kier alpha value is -1.40. The molecule has 0 radical (unpaired) electrons. The van der Waals surface area contributed by atoms with E-state index >= 15 is 0 Å². The van der Waals surface area contributed by atoms with Gasteiger partial charge < -0.3 is 20.3 Å². The molecule has 3 N–H and O–H groups in total. The molecule has 0 heterocycles. The minimum atomic E-state index is -0.667. The van der Waals surface area contributed by atoms with Gasteiger partial charge in [0, 0.05) is 12.8 Å². The van der Waals surface area contributed by atoms with Gasteiger partial charge in [0.1, 0.15) is 0 Å². The minimum absolute atomic E-state index is 0.00713. The second kappa shape index (κ2) is 65.1. The predicted octanol–water partition coefficient (Wildman–Crippen LogP) is 22.0. The summed E-state index contributed by atoms with van der Waals surface area (Å²) >= 11 is 0. The smallest absolute Gasteiger partial charge is 0.305 e. The molecule has 2 atom stereocenters. The molecule has 0 aliphatic carbocycles. The summed E-state index contributed by atoms with van der Waals surface area (Å²) in [7, 11) is 0. The lowest BCUT2D eigenvalue weighted by Crippen LogP contribution is -2.45. The third-order valence-corrected chi connectivity index (χ3v) is 16.3. The second-order valence-electron chi connectivity index (χ2n) is 23.9. The highest BCUT2D eigenvalue weighted by molar-refractivity contribution is 5.76. The summed E-state index contributed by atoms with van der Waals surface area (Å²) in [5.74, 6) is -0.0259. The quantitative estimate of drug-likeness (QED) is 0.0320. The number of carbonyl (C=O) groups is 2. The third-order valence-electron chi connectivity index (χ3n) is 16.3. The van der Waals surface area contributed by atoms with Crippen LogP contribution in [0.2, 0.25) is 0 Å². The minimum Gasteiger partial charge on any atom is -0.466 e. The van der Waals surface area contributed by atoms with Gasteiger partial charge in [-0.25, -0.2) is 0 Å². The maximum Gasteiger partial charge on any atom is 0.305 e. The number of aliphatic hydroxyl groups is 2. The monoisotopic (exact) mass is 1060 g/mol. The van der Waals surface area contributed by atoms with Crippen LogP contribution >= 0.6 is 0 Å². The molecule has 0 saturated heterocycles. The maximum absolute atomic E-state index is 12.5. The normalized spacial score (nSPS) is 12.5. The van der Waals surface area contributed by atoms with Crippen molar-refractivity contribution in [3.63, 3.8) is 0 Å². The Morgan fingerprint density at radius 3 is 0.947 bits per heavy atom. The molecular formula is C69H135NO5. The molecule has 0 aromatic rings. The lowest BCUT2D eigenvalue weighted by atomic mass is 10.0. The number of nitrogens with one attached hydrogen (secondary N) is 1. The largest absolute Gasteiger partial charge is 0.466 e. The molecule has 6 heteroatoms. The van der Waals surface area contributed by atoms with Crippen LogP contribution in [0.25, 0.3) is 0 Å². The Morgan fingerprint density at radius 2 is 0.627 bits per heavy atom. The Bertz CT molecular complexity index is 1130. The first-order valence-electron chi connectivity index (χ1n) is 34.4. The van der Waals surface area contributed by atoms with Gasteiger partial charge in [-0.1, -0.05) is 341 Å². The lowest BCUT2D eigenvalue weighted by molar-refractivity contribution is -0.143. The molecule has 1 amide bonds. The van der Waals surface area contributed by atoms with Crippen LogP contribution in [-0.4, -0.2) is 47.4 Å². The molecule has 0 aliphatic rings. The van der Waals surface area contributed by atoms with Crippen LogP contribution in [-0.2, 0) is 14.3 Å². The average Bonchev–Trinajstić information content (AvgIpc) is 3.41. The van der Waals surface area contributed by atoms with Gasteiger partial charge in [0.25, 0.3) is 0 Å². The first-order chi connectivity index (χ1) is 37.0. The van der Waals surface area contributed by atoms with Crippen LogP contribution in [0.1, 0.15) is 393 Å². The van der Waals surface area contributed by atoms with Gasteiger partial charge in [0.15, 0.2) is 0 Å². The average molecular weight is 1060 g/mol. The summed E-state index contributed by atoms with van der Waals surface area (Å²) in [6, 6.07) is -0.544. The fourth-order valence-corrected chi connectivity index (χ4v) is 11.1. The topological polar surface area (TPSA) is 95.9 Å². The van der Waals surface area contributed by atoms with E-state index in [1.165, 1.54) is 315 Å². The molecule has 0 rings (SSSR count). The number of aliphatic hydroxyl groups excluding tert-OH is 2. The summed E-state index contributed by atoms with van der Waals surface area (Å²) in [6.07, 6.45) is 79.5. The molecule has 2 unspecified atom stereocenters. The number of amides is 1. The second-order valence-corrected chi connectivity index (χ2v) is 23.9. The molecular weight excluding hydrogens is 923 g/mol. The molecule has 0 spiro atoms. The van der Waals surface area contributed by atoms with Crippen LogP contribution < -0.4 is 5.32 Å². The lowest BCUT2D eigenvalue weighted by Gasteiger charge is -2.22. The van der Waals surface area contributed by atoms with Crippen LogP contribution in [0, 0.1) is 0 Å². The highest BCUT2D eigenvalue weighted by atomic mass is 16.5. The van der Waals surface area contributed by atoms with E-state index in [9.17, 15) is 19.8 Å². The zero-order valence-corrected chi connectivity index (χ0v) is 51.1. The van der Waals surface area contributed by atoms with Crippen LogP contribution in [0.3, 0.4) is 0 Å². The van der Waals surface area contributed by atoms with Crippen molar-refractivity contribution in [2.75, 3.05) is 13.2 Å². The number of carbonyl (C=O) groups excluding carboxylic acids is 2.